The molecule has 0 radical (unpaired) electrons. The van der Waals surface area contributed by atoms with Gasteiger partial charge in [-0.3, -0.25) is 24.0 Å². The van der Waals surface area contributed by atoms with Crippen LogP contribution in [0.5, 0.6) is 5.75 Å². The molecule has 2 fully saturated rings. The molecule has 3 heterocycles. The molecule has 13 heteroatoms. The van der Waals surface area contributed by atoms with Crippen molar-refractivity contribution in [3.63, 3.8) is 0 Å². The molecule has 0 bridgehead atoms. The van der Waals surface area contributed by atoms with Crippen molar-refractivity contribution in [3.8, 4) is 17.1 Å². The number of rotatable bonds is 9. The number of hydrogen-bond acceptors (Lipinski definition) is 8. The van der Waals surface area contributed by atoms with Crippen molar-refractivity contribution in [2.24, 2.45) is 11.7 Å². The summed E-state index contributed by atoms with van der Waals surface area (Å²) in [5.74, 6) is -0.703. The molecule has 2 saturated heterocycles. The number of aliphatic carboxylic acids is 1. The Kier molecular flexibility index (Phi) is 8.11. The van der Waals surface area contributed by atoms with Gasteiger partial charge in [0.05, 0.1) is 23.9 Å². The van der Waals surface area contributed by atoms with Gasteiger partial charge in [-0.05, 0) is 30.7 Å². The molecule has 2 amide bonds. The van der Waals surface area contributed by atoms with Gasteiger partial charge < -0.3 is 25.4 Å². The summed E-state index contributed by atoms with van der Waals surface area (Å²) in [4.78, 5) is 48.5. The first-order valence-electron chi connectivity index (χ1n) is 11.8. The molecular weight excluding hydrogens is 500 g/mol. The molecule has 0 saturated carbocycles. The maximum atomic E-state index is 13.0. The van der Waals surface area contributed by atoms with Gasteiger partial charge in [-0.2, -0.15) is 0 Å². The summed E-state index contributed by atoms with van der Waals surface area (Å²) in [6.45, 7) is 0.686. The minimum Gasteiger partial charge on any atom is -0.491 e. The van der Waals surface area contributed by atoms with E-state index in [0.717, 1.165) is 5.56 Å². The van der Waals surface area contributed by atoms with Gasteiger partial charge in [0.15, 0.2) is 5.82 Å². The highest BCUT2D eigenvalue weighted by Crippen LogP contribution is 2.29. The number of hydrogen-bond donors (Lipinski definition) is 3. The second-order valence-electron chi connectivity index (χ2n) is 8.92. The van der Waals surface area contributed by atoms with Gasteiger partial charge in [-0.1, -0.05) is 0 Å². The topological polar surface area (TPSA) is 180 Å². The minimum atomic E-state index is -1.07. The Bertz CT molecular complexity index is 1200. The van der Waals surface area contributed by atoms with Crippen molar-refractivity contribution in [2.45, 2.75) is 18.9 Å². The lowest BCUT2D eigenvalue weighted by molar-refractivity contribution is -0.144. The first-order valence-corrected chi connectivity index (χ1v) is 13.2. The number of ether oxygens (including phenoxy) is 1. The Labute approximate surface area is 215 Å². The van der Waals surface area contributed by atoms with E-state index in [1.54, 1.807) is 29.2 Å². The van der Waals surface area contributed by atoms with E-state index in [2.05, 4.69) is 9.97 Å². The number of carboxylic acids is 1. The van der Waals surface area contributed by atoms with Gasteiger partial charge in [0.25, 0.3) is 0 Å². The number of likely N-dealkylation sites (tertiary alicyclic amines) is 1. The Balaban J connectivity index is 1.40. The fraction of sp³-hybridized carbons (Fsp3) is 0.417. The number of nitrogens with one attached hydrogen (secondary N) is 1. The molecule has 12 nitrogen and oxygen atoms in total. The fourth-order valence-corrected chi connectivity index (χ4v) is 5.41. The molecule has 0 spiro atoms. The molecule has 37 heavy (non-hydrogen) atoms. The van der Waals surface area contributed by atoms with Crippen LogP contribution in [0.15, 0.2) is 36.7 Å². The Morgan fingerprint density at radius 2 is 1.81 bits per heavy atom. The third-order valence-corrected chi connectivity index (χ3v) is 7.68. The summed E-state index contributed by atoms with van der Waals surface area (Å²) >= 11 is 0. The predicted molar refractivity (Wildman–Crippen MR) is 134 cm³/mol. The van der Waals surface area contributed by atoms with Crippen molar-refractivity contribution >= 4 is 34.4 Å². The first kappa shape index (κ1) is 26.2. The van der Waals surface area contributed by atoms with Crippen LogP contribution in [0.1, 0.15) is 18.4 Å². The zero-order valence-electron chi connectivity index (χ0n) is 20.0. The summed E-state index contributed by atoms with van der Waals surface area (Å²) < 4.78 is 17.5. The largest absolute Gasteiger partial charge is 0.491 e. The summed E-state index contributed by atoms with van der Waals surface area (Å²) in [6.07, 6.45) is 2.91. The second-order valence-corrected chi connectivity index (χ2v) is 10.6. The molecule has 4 N–H and O–H groups in total. The number of amides is 2. The van der Waals surface area contributed by atoms with Crippen molar-refractivity contribution in [1.82, 2.24) is 19.8 Å². The molecule has 1 aromatic carbocycles. The number of carbonyl (C=O) groups excluding carboxylic acids is 2. The van der Waals surface area contributed by atoms with Gasteiger partial charge in [-0.25, -0.2) is 9.97 Å². The number of nitrogen functional groups attached to an aromatic ring is 1. The standard InChI is InChI=1S/C24H28N6O6S/c25-22(26)17-11-27-23(28-12-17)15-1-3-19(4-2-15)36-14-18-9-16(10-21(32)33)24(34)30(18)13-20(31)29-5-7-37(35)8-6-29/h1-4,11-12,16,18H,5-10,13-14H2,(H3,25,26)(H,32,33)/t16-,18-/m0/s1. The number of carbonyl (C=O) groups is 3. The van der Waals surface area contributed by atoms with E-state index < -0.39 is 28.7 Å². The summed E-state index contributed by atoms with van der Waals surface area (Å²) in [5.41, 5.74) is 6.58. The van der Waals surface area contributed by atoms with Crippen LogP contribution in [0, 0.1) is 11.3 Å². The Morgan fingerprint density at radius 1 is 1.16 bits per heavy atom. The van der Waals surface area contributed by atoms with Crippen LogP contribution < -0.4 is 10.5 Å². The maximum absolute atomic E-state index is 13.0. The quantitative estimate of drug-likeness (QED) is 0.300. The minimum absolute atomic E-state index is 0.0995. The number of nitrogens with two attached hydrogens (primary N) is 1. The van der Waals surface area contributed by atoms with E-state index >= 15 is 0 Å². The lowest BCUT2D eigenvalue weighted by atomic mass is 10.0. The lowest BCUT2D eigenvalue weighted by Crippen LogP contribution is -2.49. The van der Waals surface area contributed by atoms with Crippen LogP contribution in [-0.4, -0.2) is 96.5 Å². The molecular formula is C24H28N6O6S. The van der Waals surface area contributed by atoms with Crippen molar-refractivity contribution < 1.29 is 28.4 Å². The predicted octanol–water partition coefficient (Wildman–Crippen LogP) is 0.0892. The molecule has 0 unspecified atom stereocenters. The third kappa shape index (κ3) is 6.47. The highest BCUT2D eigenvalue weighted by atomic mass is 32.2. The Morgan fingerprint density at radius 3 is 2.41 bits per heavy atom. The van der Waals surface area contributed by atoms with E-state index in [0.29, 0.717) is 41.7 Å². The first-order chi connectivity index (χ1) is 17.7. The maximum Gasteiger partial charge on any atom is 0.304 e. The number of aromatic nitrogens is 2. The van der Waals surface area contributed by atoms with Crippen LogP contribution in [0.3, 0.4) is 0 Å². The molecule has 196 valence electrons. The van der Waals surface area contributed by atoms with Crippen LogP contribution in [0.25, 0.3) is 11.4 Å². The smallest absolute Gasteiger partial charge is 0.304 e. The molecule has 2 atom stereocenters. The zero-order valence-corrected chi connectivity index (χ0v) is 20.9. The average molecular weight is 529 g/mol. The highest BCUT2D eigenvalue weighted by molar-refractivity contribution is 7.85. The summed E-state index contributed by atoms with van der Waals surface area (Å²) in [5, 5.41) is 16.6. The average Bonchev–Trinajstić information content (AvgIpc) is 3.16. The SMILES string of the molecule is N=C(N)c1cnc(-c2ccc(OC[C@@H]3C[C@@H](CC(=O)O)C(=O)N3CC(=O)N3CCS(=O)CC3)cc2)nc1. The fourth-order valence-electron chi connectivity index (χ4n) is 4.36. The molecule has 2 aliphatic rings. The number of nitrogens with zero attached hydrogens (tertiary/aromatic N) is 4. The number of benzene rings is 1. The van der Waals surface area contributed by atoms with Crippen LogP contribution in [0.2, 0.25) is 0 Å². The van der Waals surface area contributed by atoms with E-state index in [4.69, 9.17) is 15.9 Å². The monoisotopic (exact) mass is 528 g/mol. The highest BCUT2D eigenvalue weighted by Gasteiger charge is 2.42. The summed E-state index contributed by atoms with van der Waals surface area (Å²) in [6, 6.07) is 6.54. The number of carboxylic acid groups (broad SMARTS) is 1. The van der Waals surface area contributed by atoms with E-state index in [1.807, 2.05) is 0 Å². The van der Waals surface area contributed by atoms with Crippen LogP contribution in [0.4, 0.5) is 0 Å². The molecule has 4 rings (SSSR count). The third-order valence-electron chi connectivity index (χ3n) is 6.40. The van der Waals surface area contributed by atoms with E-state index in [1.165, 1.54) is 17.3 Å². The van der Waals surface area contributed by atoms with Crippen LogP contribution >= 0.6 is 0 Å². The van der Waals surface area contributed by atoms with E-state index in [-0.39, 0.29) is 43.6 Å². The van der Waals surface area contributed by atoms with Crippen molar-refractivity contribution in [1.29, 1.82) is 5.41 Å². The van der Waals surface area contributed by atoms with Gasteiger partial charge in [0.1, 0.15) is 24.7 Å². The molecule has 1 aromatic heterocycles. The van der Waals surface area contributed by atoms with Gasteiger partial charge in [0.2, 0.25) is 11.8 Å². The Hall–Kier alpha value is -3.87. The second kappa shape index (κ2) is 11.5. The van der Waals surface area contributed by atoms with Crippen molar-refractivity contribution in [2.75, 3.05) is 37.7 Å². The van der Waals surface area contributed by atoms with Gasteiger partial charge in [-0.15, -0.1) is 0 Å². The molecule has 0 aliphatic carbocycles. The number of amidine groups is 1. The molecule has 2 aromatic rings. The summed E-state index contributed by atoms with van der Waals surface area (Å²) in [7, 11) is -0.930. The van der Waals surface area contributed by atoms with Gasteiger partial charge >= 0.3 is 5.97 Å². The molecule has 2 aliphatic heterocycles. The lowest BCUT2D eigenvalue weighted by Gasteiger charge is -2.30. The zero-order chi connectivity index (χ0) is 26.5. The van der Waals surface area contributed by atoms with E-state index in [9.17, 15) is 23.7 Å². The normalized spacial score (nSPS) is 20.2. The van der Waals surface area contributed by atoms with Gasteiger partial charge in [0, 0.05) is 53.4 Å². The van der Waals surface area contributed by atoms with Crippen molar-refractivity contribution in [3.05, 3.63) is 42.2 Å². The van der Waals surface area contributed by atoms with Crippen LogP contribution in [-0.2, 0) is 25.2 Å².